The summed E-state index contributed by atoms with van der Waals surface area (Å²) in [5, 5.41) is 0. The molecule has 3 N–H and O–H groups in total. The van der Waals surface area contributed by atoms with Gasteiger partial charge in [-0.25, -0.2) is 0 Å². The van der Waals surface area contributed by atoms with E-state index >= 15 is 0 Å². The lowest BCUT2D eigenvalue weighted by Crippen LogP contribution is -2.05. The maximum absolute atomic E-state index is 5.10. The van der Waals surface area contributed by atoms with Crippen molar-refractivity contribution >= 4 is 5.69 Å². The smallest absolute Gasteiger partial charge is 0.0485 e. The molecule has 2 heteroatoms. The number of nitrogens with one attached hydrogen (secondary N) is 1. The van der Waals surface area contributed by atoms with Crippen LogP contribution in [-0.4, -0.2) is 0 Å². The molecule has 0 fully saturated rings. The third-order valence-corrected chi connectivity index (χ3v) is 2.82. The Hall–Kier alpha value is -2.58. The Bertz CT molecular complexity index is 555. The first-order chi connectivity index (χ1) is 9.90. The van der Waals surface area contributed by atoms with Crippen molar-refractivity contribution in [1.82, 2.24) is 0 Å². The molecule has 3 aromatic rings. The zero-order valence-electron chi connectivity index (χ0n) is 11.2. The fraction of sp³-hybridized carbons (Fsp3) is 0. The number of benzene rings is 3. The summed E-state index contributed by atoms with van der Waals surface area (Å²) in [6.45, 7) is 0. The Morgan fingerprint density at radius 2 is 0.850 bits per heavy atom. The van der Waals surface area contributed by atoms with Gasteiger partial charge in [0, 0.05) is 5.69 Å². The Morgan fingerprint density at radius 1 is 0.500 bits per heavy atom. The van der Waals surface area contributed by atoms with E-state index in [0.717, 1.165) is 5.69 Å². The summed E-state index contributed by atoms with van der Waals surface area (Å²) in [6.07, 6.45) is 0. The Balaban J connectivity index is 0.000000160. The van der Waals surface area contributed by atoms with Crippen LogP contribution in [0.2, 0.25) is 0 Å². The number of rotatable bonds is 2. The fourth-order valence-electron chi connectivity index (χ4n) is 1.80. The largest absolute Gasteiger partial charge is 0.324 e. The molecule has 0 spiro atoms. The maximum Gasteiger partial charge on any atom is 0.0485 e. The van der Waals surface area contributed by atoms with Crippen molar-refractivity contribution in [3.05, 3.63) is 91.0 Å². The van der Waals surface area contributed by atoms with Crippen LogP contribution in [0.25, 0.3) is 11.1 Å². The number of hydrazine groups is 1. The molecule has 100 valence electrons. The van der Waals surface area contributed by atoms with Crippen LogP contribution in [0.3, 0.4) is 0 Å². The van der Waals surface area contributed by atoms with E-state index in [9.17, 15) is 0 Å². The normalized spacial score (nSPS) is 9.25. The third-order valence-electron chi connectivity index (χ3n) is 2.82. The molecule has 0 aliphatic rings. The Labute approximate surface area is 119 Å². The lowest BCUT2D eigenvalue weighted by molar-refractivity contribution is 1.35. The molecule has 2 nitrogen and oxygen atoms in total. The molecule has 0 saturated carbocycles. The molecule has 0 aliphatic carbocycles. The van der Waals surface area contributed by atoms with Crippen LogP contribution in [0, 0.1) is 0 Å². The van der Waals surface area contributed by atoms with E-state index in [1.165, 1.54) is 11.1 Å². The predicted octanol–water partition coefficient (Wildman–Crippen LogP) is 4.33. The molecule has 3 aromatic carbocycles. The molecular weight excluding hydrogens is 244 g/mol. The minimum Gasteiger partial charge on any atom is -0.324 e. The highest BCUT2D eigenvalue weighted by Gasteiger charge is 1.91. The molecule has 0 atom stereocenters. The van der Waals surface area contributed by atoms with Crippen LogP contribution < -0.4 is 11.3 Å². The van der Waals surface area contributed by atoms with Crippen molar-refractivity contribution < 1.29 is 0 Å². The molecule has 0 saturated heterocycles. The van der Waals surface area contributed by atoms with E-state index < -0.39 is 0 Å². The van der Waals surface area contributed by atoms with Crippen LogP contribution in [0.5, 0.6) is 0 Å². The molecule has 0 bridgehead atoms. The number of para-hydroxylation sites is 1. The van der Waals surface area contributed by atoms with Crippen LogP contribution in [0.4, 0.5) is 5.69 Å². The Kier molecular flexibility index (Phi) is 5.38. The molecule has 0 radical (unpaired) electrons. The number of nitrogens with two attached hydrogens (primary N) is 1. The van der Waals surface area contributed by atoms with Gasteiger partial charge >= 0.3 is 0 Å². The van der Waals surface area contributed by atoms with Crippen LogP contribution in [0.15, 0.2) is 91.0 Å². The van der Waals surface area contributed by atoms with Crippen molar-refractivity contribution in [2.45, 2.75) is 0 Å². The SMILES string of the molecule is NNc1ccccc1.c1ccc(-c2ccccc2)cc1. The number of hydrogen-bond acceptors (Lipinski definition) is 2. The summed E-state index contributed by atoms with van der Waals surface area (Å²) >= 11 is 0. The molecule has 0 heterocycles. The quantitative estimate of drug-likeness (QED) is 0.533. The second-order valence-electron chi connectivity index (χ2n) is 4.24. The van der Waals surface area contributed by atoms with Gasteiger partial charge in [-0.1, -0.05) is 78.9 Å². The van der Waals surface area contributed by atoms with E-state index in [2.05, 4.69) is 54.0 Å². The first-order valence-corrected chi connectivity index (χ1v) is 6.52. The first kappa shape index (κ1) is 13.8. The fourth-order valence-corrected chi connectivity index (χ4v) is 1.80. The van der Waals surface area contributed by atoms with Crippen LogP contribution in [-0.2, 0) is 0 Å². The van der Waals surface area contributed by atoms with E-state index in [0.29, 0.717) is 0 Å². The number of anilines is 1. The van der Waals surface area contributed by atoms with Crippen molar-refractivity contribution in [3.63, 3.8) is 0 Å². The number of hydrogen-bond donors (Lipinski definition) is 2. The first-order valence-electron chi connectivity index (χ1n) is 6.52. The highest BCUT2D eigenvalue weighted by atomic mass is 15.2. The van der Waals surface area contributed by atoms with Crippen LogP contribution >= 0.6 is 0 Å². The van der Waals surface area contributed by atoms with Crippen molar-refractivity contribution in [3.8, 4) is 11.1 Å². The summed E-state index contributed by atoms with van der Waals surface area (Å²) in [5.41, 5.74) is 6.02. The van der Waals surface area contributed by atoms with Gasteiger partial charge in [0.1, 0.15) is 0 Å². The average molecular weight is 262 g/mol. The summed E-state index contributed by atoms with van der Waals surface area (Å²) in [6, 6.07) is 30.4. The van der Waals surface area contributed by atoms with Crippen molar-refractivity contribution in [2.24, 2.45) is 5.84 Å². The topological polar surface area (TPSA) is 38.0 Å². The number of nitrogen functional groups attached to an aromatic ring is 1. The zero-order valence-corrected chi connectivity index (χ0v) is 11.2. The average Bonchev–Trinajstić information content (AvgIpc) is 2.58. The Morgan fingerprint density at radius 3 is 1.15 bits per heavy atom. The van der Waals surface area contributed by atoms with Crippen molar-refractivity contribution in [1.29, 1.82) is 0 Å². The second kappa shape index (κ2) is 7.77. The van der Waals surface area contributed by atoms with Gasteiger partial charge in [0.15, 0.2) is 0 Å². The summed E-state index contributed by atoms with van der Waals surface area (Å²) in [4.78, 5) is 0. The van der Waals surface area contributed by atoms with Gasteiger partial charge in [-0.2, -0.15) is 0 Å². The van der Waals surface area contributed by atoms with Gasteiger partial charge < -0.3 is 5.43 Å². The second-order valence-corrected chi connectivity index (χ2v) is 4.24. The van der Waals surface area contributed by atoms with E-state index in [1.807, 2.05) is 42.5 Å². The minimum absolute atomic E-state index is 0.938. The van der Waals surface area contributed by atoms with Crippen LogP contribution in [0.1, 0.15) is 0 Å². The van der Waals surface area contributed by atoms with Gasteiger partial charge in [-0.3, -0.25) is 5.84 Å². The van der Waals surface area contributed by atoms with Gasteiger partial charge in [0.2, 0.25) is 0 Å². The molecule has 0 unspecified atom stereocenters. The standard InChI is InChI=1S/C12H10.C6H8N2/c1-3-7-11(8-4-1)12-9-5-2-6-10-12;7-8-6-4-2-1-3-5-6/h1-10H;1-5,8H,7H2. The van der Waals surface area contributed by atoms with Gasteiger partial charge in [-0.05, 0) is 23.3 Å². The maximum atomic E-state index is 5.10. The lowest BCUT2D eigenvalue weighted by atomic mass is 10.1. The van der Waals surface area contributed by atoms with E-state index in [-0.39, 0.29) is 0 Å². The molecule has 0 aliphatic heterocycles. The summed E-state index contributed by atoms with van der Waals surface area (Å²) in [5.74, 6) is 5.10. The monoisotopic (exact) mass is 262 g/mol. The van der Waals surface area contributed by atoms with Gasteiger partial charge in [0.25, 0.3) is 0 Å². The molecular formula is C18H18N2. The van der Waals surface area contributed by atoms with Gasteiger partial charge in [-0.15, -0.1) is 0 Å². The molecule has 20 heavy (non-hydrogen) atoms. The predicted molar refractivity (Wildman–Crippen MR) is 86.1 cm³/mol. The van der Waals surface area contributed by atoms with Gasteiger partial charge in [0.05, 0.1) is 0 Å². The molecule has 0 amide bonds. The van der Waals surface area contributed by atoms with Crippen molar-refractivity contribution in [2.75, 3.05) is 5.43 Å². The molecule has 3 rings (SSSR count). The summed E-state index contributed by atoms with van der Waals surface area (Å²) < 4.78 is 0. The summed E-state index contributed by atoms with van der Waals surface area (Å²) in [7, 11) is 0. The lowest BCUT2D eigenvalue weighted by Gasteiger charge is -1.98. The van der Waals surface area contributed by atoms with E-state index in [1.54, 1.807) is 0 Å². The highest BCUT2D eigenvalue weighted by Crippen LogP contribution is 2.17. The highest BCUT2D eigenvalue weighted by molar-refractivity contribution is 5.62. The zero-order chi connectivity index (χ0) is 14.0. The third kappa shape index (κ3) is 4.26. The minimum atomic E-state index is 0.938. The van der Waals surface area contributed by atoms with E-state index in [4.69, 9.17) is 5.84 Å². The molecule has 0 aromatic heterocycles.